The minimum atomic E-state index is -0.269. The number of carbonyl (C=O) groups is 1. The van der Waals surface area contributed by atoms with Crippen molar-refractivity contribution in [2.45, 2.75) is 19.4 Å². The Morgan fingerprint density at radius 2 is 1.92 bits per heavy atom. The van der Waals surface area contributed by atoms with Crippen LogP contribution in [-0.2, 0) is 16.1 Å². The molecule has 2 aromatic carbocycles. The lowest BCUT2D eigenvalue weighted by molar-refractivity contribution is -0.137. The molecule has 3 nitrogen and oxygen atoms in total. The highest BCUT2D eigenvalue weighted by Crippen LogP contribution is 2.33. The Morgan fingerprint density at radius 3 is 2.71 bits per heavy atom. The molecule has 24 heavy (non-hydrogen) atoms. The fourth-order valence-corrected chi connectivity index (χ4v) is 3.28. The van der Waals surface area contributed by atoms with Crippen LogP contribution in [0.4, 0.5) is 0 Å². The van der Waals surface area contributed by atoms with Gasteiger partial charge in [0, 0.05) is 31.6 Å². The zero-order chi connectivity index (χ0) is 16.8. The first-order chi connectivity index (χ1) is 11.8. The Balaban J connectivity index is 1.77. The summed E-state index contributed by atoms with van der Waals surface area (Å²) in [6.07, 6.45) is 3.43. The van der Waals surface area contributed by atoms with Crippen LogP contribution < -0.4 is 0 Å². The van der Waals surface area contributed by atoms with Gasteiger partial charge in [0.15, 0.2) is 0 Å². The number of benzene rings is 2. The third-order valence-electron chi connectivity index (χ3n) is 4.37. The van der Waals surface area contributed by atoms with Gasteiger partial charge < -0.3 is 4.74 Å². The van der Waals surface area contributed by atoms with Crippen molar-refractivity contribution < 1.29 is 9.53 Å². The molecule has 0 fully saturated rings. The predicted octanol–water partition coefficient (Wildman–Crippen LogP) is 3.75. The number of fused-ring (bicyclic) bond motifs is 1. The molecule has 0 N–H and O–H groups in total. The molecular weight excluding hydrogens is 298 g/mol. The number of rotatable bonds is 5. The van der Waals surface area contributed by atoms with Crippen molar-refractivity contribution >= 4 is 5.97 Å². The fraction of sp³-hybridized carbons (Fsp3) is 0.286. The molecule has 3 rings (SSSR count). The maximum absolute atomic E-state index is 11.4. The molecule has 1 aliphatic heterocycles. The minimum Gasteiger partial charge on any atom is -0.463 e. The molecule has 0 unspecified atom stereocenters. The molecule has 2 aromatic rings. The lowest BCUT2D eigenvalue weighted by Crippen LogP contribution is -2.34. The molecule has 1 atom stereocenters. The molecule has 0 bridgehead atoms. The largest absolute Gasteiger partial charge is 0.463 e. The van der Waals surface area contributed by atoms with Crippen LogP contribution in [0.5, 0.6) is 0 Å². The monoisotopic (exact) mass is 321 g/mol. The topological polar surface area (TPSA) is 29.5 Å². The van der Waals surface area contributed by atoms with E-state index in [0.29, 0.717) is 12.5 Å². The normalized spacial score (nSPS) is 17.6. The van der Waals surface area contributed by atoms with Gasteiger partial charge in [0.05, 0.1) is 6.61 Å². The zero-order valence-electron chi connectivity index (χ0n) is 14.0. The van der Waals surface area contributed by atoms with Gasteiger partial charge in [-0.15, -0.1) is 0 Å². The number of hydrogen-bond acceptors (Lipinski definition) is 3. The van der Waals surface area contributed by atoms with E-state index in [4.69, 9.17) is 4.74 Å². The smallest absolute Gasteiger partial charge is 0.330 e. The van der Waals surface area contributed by atoms with Crippen LogP contribution >= 0.6 is 0 Å². The third kappa shape index (κ3) is 3.92. The second kappa shape index (κ2) is 7.93. The van der Waals surface area contributed by atoms with Crippen LogP contribution in [0.2, 0.25) is 0 Å². The molecule has 0 aromatic heterocycles. The van der Waals surface area contributed by atoms with Gasteiger partial charge in [-0.2, -0.15) is 0 Å². The SMILES string of the molecule is CCOC(=O)/C=C/CN1Cc2ccccc2[C@H](c2ccccc2)C1. The van der Waals surface area contributed by atoms with E-state index in [1.54, 1.807) is 0 Å². The van der Waals surface area contributed by atoms with E-state index in [-0.39, 0.29) is 5.97 Å². The van der Waals surface area contributed by atoms with Crippen LogP contribution in [-0.4, -0.2) is 30.6 Å². The van der Waals surface area contributed by atoms with E-state index in [0.717, 1.165) is 19.6 Å². The maximum Gasteiger partial charge on any atom is 0.330 e. The van der Waals surface area contributed by atoms with Crippen LogP contribution in [0.15, 0.2) is 66.7 Å². The van der Waals surface area contributed by atoms with Gasteiger partial charge in [-0.25, -0.2) is 4.79 Å². The van der Waals surface area contributed by atoms with Crippen LogP contribution in [0, 0.1) is 0 Å². The highest BCUT2D eigenvalue weighted by atomic mass is 16.5. The summed E-state index contributed by atoms with van der Waals surface area (Å²) >= 11 is 0. The van der Waals surface area contributed by atoms with E-state index >= 15 is 0 Å². The second-order valence-corrected chi connectivity index (χ2v) is 6.01. The third-order valence-corrected chi connectivity index (χ3v) is 4.37. The highest BCUT2D eigenvalue weighted by molar-refractivity contribution is 5.81. The van der Waals surface area contributed by atoms with Crippen molar-refractivity contribution in [2.75, 3.05) is 19.7 Å². The summed E-state index contributed by atoms with van der Waals surface area (Å²) in [5.74, 6) is 0.0988. The van der Waals surface area contributed by atoms with Gasteiger partial charge in [0.25, 0.3) is 0 Å². The van der Waals surface area contributed by atoms with Gasteiger partial charge in [-0.05, 0) is 23.6 Å². The lowest BCUT2D eigenvalue weighted by atomic mass is 9.85. The van der Waals surface area contributed by atoms with E-state index in [1.165, 1.54) is 22.8 Å². The molecule has 0 amide bonds. The van der Waals surface area contributed by atoms with Crippen LogP contribution in [0.1, 0.15) is 29.5 Å². The Bertz CT molecular complexity index is 709. The Kier molecular flexibility index (Phi) is 5.44. The first-order valence-corrected chi connectivity index (χ1v) is 8.46. The maximum atomic E-state index is 11.4. The second-order valence-electron chi connectivity index (χ2n) is 6.01. The van der Waals surface area contributed by atoms with Gasteiger partial charge in [0.1, 0.15) is 0 Å². The van der Waals surface area contributed by atoms with Crippen molar-refractivity contribution in [3.63, 3.8) is 0 Å². The van der Waals surface area contributed by atoms with Crippen molar-refractivity contribution in [1.82, 2.24) is 4.90 Å². The number of hydrogen-bond donors (Lipinski definition) is 0. The Hall–Kier alpha value is -2.39. The summed E-state index contributed by atoms with van der Waals surface area (Å²) in [6, 6.07) is 19.3. The van der Waals surface area contributed by atoms with Crippen molar-refractivity contribution in [3.8, 4) is 0 Å². The number of esters is 1. The number of carbonyl (C=O) groups excluding carboxylic acids is 1. The summed E-state index contributed by atoms with van der Waals surface area (Å²) < 4.78 is 4.93. The van der Waals surface area contributed by atoms with Gasteiger partial charge in [0.2, 0.25) is 0 Å². The average molecular weight is 321 g/mol. The molecule has 0 aliphatic carbocycles. The standard InChI is InChI=1S/C21H23NO2/c1-2-24-21(23)13-8-14-22-15-18-11-6-7-12-19(18)20(16-22)17-9-4-3-5-10-17/h3-13,20H,2,14-16H2,1H3/b13-8+/t20-/m0/s1. The van der Waals surface area contributed by atoms with Crippen molar-refractivity contribution in [2.24, 2.45) is 0 Å². The van der Waals surface area contributed by atoms with E-state index in [2.05, 4.69) is 59.5 Å². The molecule has 1 aliphatic rings. The van der Waals surface area contributed by atoms with Crippen molar-refractivity contribution in [3.05, 3.63) is 83.4 Å². The Labute approximate surface area is 143 Å². The molecule has 0 saturated heterocycles. The highest BCUT2D eigenvalue weighted by Gasteiger charge is 2.25. The molecule has 1 heterocycles. The summed E-state index contributed by atoms with van der Waals surface area (Å²) in [7, 11) is 0. The van der Waals surface area contributed by atoms with E-state index in [9.17, 15) is 4.79 Å². The lowest BCUT2D eigenvalue weighted by Gasteiger charge is -2.34. The van der Waals surface area contributed by atoms with Crippen molar-refractivity contribution in [1.29, 1.82) is 0 Å². The van der Waals surface area contributed by atoms with Gasteiger partial charge in [-0.1, -0.05) is 60.7 Å². The Morgan fingerprint density at radius 1 is 1.17 bits per heavy atom. The molecule has 0 radical (unpaired) electrons. The number of ether oxygens (including phenoxy) is 1. The fourth-order valence-electron chi connectivity index (χ4n) is 3.28. The molecule has 124 valence electrons. The van der Waals surface area contributed by atoms with E-state index < -0.39 is 0 Å². The number of nitrogens with zero attached hydrogens (tertiary/aromatic N) is 1. The quantitative estimate of drug-likeness (QED) is 0.620. The van der Waals surface area contributed by atoms with E-state index in [1.807, 2.05) is 13.0 Å². The summed E-state index contributed by atoms with van der Waals surface area (Å²) in [6.45, 7) is 4.84. The first-order valence-electron chi connectivity index (χ1n) is 8.46. The molecule has 3 heteroatoms. The first kappa shape index (κ1) is 16.5. The van der Waals surface area contributed by atoms with Gasteiger partial charge >= 0.3 is 5.97 Å². The summed E-state index contributed by atoms with van der Waals surface area (Å²) in [5, 5.41) is 0. The van der Waals surface area contributed by atoms with Crippen LogP contribution in [0.3, 0.4) is 0 Å². The van der Waals surface area contributed by atoms with Gasteiger partial charge in [-0.3, -0.25) is 4.90 Å². The average Bonchev–Trinajstić information content (AvgIpc) is 2.62. The molecular formula is C21H23NO2. The van der Waals surface area contributed by atoms with Crippen LogP contribution in [0.25, 0.3) is 0 Å². The molecule has 0 saturated carbocycles. The summed E-state index contributed by atoms with van der Waals surface area (Å²) in [5.41, 5.74) is 4.11. The zero-order valence-corrected chi connectivity index (χ0v) is 14.0. The minimum absolute atomic E-state index is 0.269. The predicted molar refractivity (Wildman–Crippen MR) is 95.8 cm³/mol. The summed E-state index contributed by atoms with van der Waals surface area (Å²) in [4.78, 5) is 13.8. The molecule has 0 spiro atoms.